The number of benzene rings is 1. The standard InChI is InChI=1S/C10H10BrNO4S/c1-5(9(12)13)17(16)6-2-3-8(11)7(4-6)10(14)15/h2-5H,1H3,(H2,12,13)(H,14,15). The van der Waals surface area contributed by atoms with E-state index in [0.717, 1.165) is 0 Å². The van der Waals surface area contributed by atoms with Crippen molar-refractivity contribution in [3.05, 3.63) is 28.2 Å². The first-order valence-electron chi connectivity index (χ1n) is 4.57. The summed E-state index contributed by atoms with van der Waals surface area (Å²) in [5.41, 5.74) is 5.04. The molecule has 17 heavy (non-hydrogen) atoms. The molecule has 0 aliphatic carbocycles. The Bertz CT molecular complexity index is 503. The number of carboxylic acids is 1. The molecule has 0 bridgehead atoms. The van der Waals surface area contributed by atoms with E-state index in [4.69, 9.17) is 10.8 Å². The number of hydrogen-bond acceptors (Lipinski definition) is 3. The third-order valence-electron chi connectivity index (χ3n) is 2.12. The molecule has 3 N–H and O–H groups in total. The van der Waals surface area contributed by atoms with Gasteiger partial charge in [-0.1, -0.05) is 0 Å². The molecule has 1 amide bonds. The van der Waals surface area contributed by atoms with Gasteiger partial charge in [-0.2, -0.15) is 0 Å². The Labute approximate surface area is 109 Å². The molecular formula is C10H10BrNO4S. The molecule has 1 aromatic rings. The van der Waals surface area contributed by atoms with E-state index in [9.17, 15) is 13.8 Å². The van der Waals surface area contributed by atoms with E-state index in [0.29, 0.717) is 4.47 Å². The molecule has 2 atom stereocenters. The second-order valence-electron chi connectivity index (χ2n) is 3.29. The van der Waals surface area contributed by atoms with Gasteiger partial charge in [0.1, 0.15) is 5.25 Å². The van der Waals surface area contributed by atoms with Gasteiger partial charge in [-0.05, 0) is 41.1 Å². The van der Waals surface area contributed by atoms with E-state index in [2.05, 4.69) is 15.9 Å². The van der Waals surface area contributed by atoms with Crippen LogP contribution in [0.4, 0.5) is 0 Å². The molecule has 0 heterocycles. The molecule has 7 heteroatoms. The summed E-state index contributed by atoms with van der Waals surface area (Å²) in [6.07, 6.45) is 0. The second kappa shape index (κ2) is 5.42. The first-order valence-corrected chi connectivity index (χ1v) is 6.58. The summed E-state index contributed by atoms with van der Waals surface area (Å²) in [5, 5.41) is 8.04. The normalized spacial score (nSPS) is 14.0. The number of carbonyl (C=O) groups excluding carboxylic acids is 1. The summed E-state index contributed by atoms with van der Waals surface area (Å²) in [7, 11) is -1.65. The van der Waals surface area contributed by atoms with Gasteiger partial charge in [0, 0.05) is 9.37 Å². The summed E-state index contributed by atoms with van der Waals surface area (Å²) in [4.78, 5) is 22.0. The van der Waals surface area contributed by atoms with Crippen LogP contribution in [-0.2, 0) is 15.6 Å². The highest BCUT2D eigenvalue weighted by Crippen LogP contribution is 2.21. The van der Waals surface area contributed by atoms with Gasteiger partial charge in [-0.15, -0.1) is 0 Å². The molecule has 1 aromatic carbocycles. The average Bonchev–Trinajstić information content (AvgIpc) is 2.27. The number of carboxylic acid groups (broad SMARTS) is 1. The summed E-state index contributed by atoms with van der Waals surface area (Å²) >= 11 is 3.07. The van der Waals surface area contributed by atoms with Crippen LogP contribution < -0.4 is 5.73 Å². The number of primary amides is 1. The molecule has 0 aliphatic rings. The SMILES string of the molecule is CC(C(N)=O)S(=O)c1ccc(Br)c(C(=O)O)c1. The topological polar surface area (TPSA) is 97.5 Å². The predicted octanol–water partition coefficient (Wildman–Crippen LogP) is 1.13. The lowest BCUT2D eigenvalue weighted by Crippen LogP contribution is -2.29. The van der Waals surface area contributed by atoms with E-state index in [-0.39, 0.29) is 10.5 Å². The van der Waals surface area contributed by atoms with Gasteiger partial charge < -0.3 is 10.8 Å². The fraction of sp³-hybridized carbons (Fsp3) is 0.200. The summed E-state index contributed by atoms with van der Waals surface area (Å²) < 4.78 is 12.3. The van der Waals surface area contributed by atoms with E-state index >= 15 is 0 Å². The van der Waals surface area contributed by atoms with Crippen molar-refractivity contribution in [1.82, 2.24) is 0 Å². The van der Waals surface area contributed by atoms with Gasteiger partial charge in [0.15, 0.2) is 0 Å². The first kappa shape index (κ1) is 13.9. The van der Waals surface area contributed by atoms with Crippen LogP contribution in [0, 0.1) is 0 Å². The minimum atomic E-state index is -1.65. The Morgan fingerprint density at radius 1 is 1.47 bits per heavy atom. The molecule has 0 saturated heterocycles. The minimum absolute atomic E-state index is 0.00693. The summed E-state index contributed by atoms with van der Waals surface area (Å²) in [6, 6.07) is 4.23. The molecule has 0 radical (unpaired) electrons. The van der Waals surface area contributed by atoms with Crippen molar-refractivity contribution in [2.45, 2.75) is 17.1 Å². The third-order valence-corrected chi connectivity index (χ3v) is 4.41. The van der Waals surface area contributed by atoms with Gasteiger partial charge in [-0.25, -0.2) is 4.79 Å². The maximum Gasteiger partial charge on any atom is 0.336 e. The van der Waals surface area contributed by atoms with Crippen molar-refractivity contribution in [2.75, 3.05) is 0 Å². The van der Waals surface area contributed by atoms with Crippen molar-refractivity contribution in [3.63, 3.8) is 0 Å². The Morgan fingerprint density at radius 2 is 2.06 bits per heavy atom. The maximum atomic E-state index is 11.9. The van der Waals surface area contributed by atoms with Crippen LogP contribution in [0.5, 0.6) is 0 Å². The number of hydrogen-bond donors (Lipinski definition) is 2. The lowest BCUT2D eigenvalue weighted by Gasteiger charge is -2.08. The molecule has 0 aromatic heterocycles. The van der Waals surface area contributed by atoms with Crippen LogP contribution >= 0.6 is 15.9 Å². The van der Waals surface area contributed by atoms with E-state index in [1.165, 1.54) is 25.1 Å². The Kier molecular flexibility index (Phi) is 4.41. The monoisotopic (exact) mass is 319 g/mol. The number of amides is 1. The van der Waals surface area contributed by atoms with E-state index in [1.807, 2.05) is 0 Å². The number of aromatic carboxylic acids is 1. The highest BCUT2D eigenvalue weighted by atomic mass is 79.9. The zero-order valence-corrected chi connectivity index (χ0v) is 11.2. The highest BCUT2D eigenvalue weighted by molar-refractivity contribution is 9.10. The van der Waals surface area contributed by atoms with E-state index < -0.39 is 27.9 Å². The molecular weight excluding hydrogens is 310 g/mol. The molecule has 0 fully saturated rings. The zero-order valence-electron chi connectivity index (χ0n) is 8.84. The molecule has 5 nitrogen and oxygen atoms in total. The first-order chi connectivity index (χ1) is 7.84. The van der Waals surface area contributed by atoms with Gasteiger partial charge in [0.2, 0.25) is 5.91 Å². The number of rotatable bonds is 4. The van der Waals surface area contributed by atoms with Crippen LogP contribution in [-0.4, -0.2) is 26.4 Å². The quantitative estimate of drug-likeness (QED) is 0.869. The Morgan fingerprint density at radius 3 is 2.53 bits per heavy atom. The van der Waals surface area contributed by atoms with Crippen molar-refractivity contribution < 1.29 is 18.9 Å². The lowest BCUT2D eigenvalue weighted by atomic mass is 10.2. The fourth-order valence-electron chi connectivity index (χ4n) is 1.10. The van der Waals surface area contributed by atoms with Crippen LogP contribution in [0.3, 0.4) is 0 Å². The van der Waals surface area contributed by atoms with Crippen LogP contribution in [0.1, 0.15) is 17.3 Å². The van der Waals surface area contributed by atoms with Crippen LogP contribution in [0.2, 0.25) is 0 Å². The zero-order chi connectivity index (χ0) is 13.2. The van der Waals surface area contributed by atoms with Gasteiger partial charge in [-0.3, -0.25) is 9.00 Å². The van der Waals surface area contributed by atoms with Gasteiger partial charge >= 0.3 is 5.97 Å². The van der Waals surface area contributed by atoms with E-state index in [1.54, 1.807) is 0 Å². The van der Waals surface area contributed by atoms with Crippen molar-refractivity contribution >= 4 is 38.6 Å². The average molecular weight is 320 g/mol. The van der Waals surface area contributed by atoms with Crippen molar-refractivity contribution in [3.8, 4) is 0 Å². The highest BCUT2D eigenvalue weighted by Gasteiger charge is 2.20. The van der Waals surface area contributed by atoms with Crippen LogP contribution in [0.15, 0.2) is 27.6 Å². The fourth-order valence-corrected chi connectivity index (χ4v) is 2.57. The van der Waals surface area contributed by atoms with Gasteiger partial charge in [0.05, 0.1) is 16.4 Å². The smallest absolute Gasteiger partial charge is 0.336 e. The maximum absolute atomic E-state index is 11.9. The largest absolute Gasteiger partial charge is 0.478 e. The molecule has 0 saturated carbocycles. The molecule has 92 valence electrons. The van der Waals surface area contributed by atoms with Crippen molar-refractivity contribution in [1.29, 1.82) is 0 Å². The lowest BCUT2D eigenvalue weighted by molar-refractivity contribution is -0.117. The summed E-state index contributed by atoms with van der Waals surface area (Å²) in [5.74, 6) is -1.83. The second-order valence-corrected chi connectivity index (χ2v) is 5.92. The van der Waals surface area contributed by atoms with Gasteiger partial charge in [0.25, 0.3) is 0 Å². The minimum Gasteiger partial charge on any atom is -0.478 e. The Balaban J connectivity index is 3.16. The van der Waals surface area contributed by atoms with Crippen LogP contribution in [0.25, 0.3) is 0 Å². The predicted molar refractivity (Wildman–Crippen MR) is 66.2 cm³/mol. The Hall–Kier alpha value is -1.21. The number of halogens is 1. The molecule has 0 aliphatic heterocycles. The third kappa shape index (κ3) is 3.13. The van der Waals surface area contributed by atoms with Crippen molar-refractivity contribution in [2.24, 2.45) is 5.73 Å². The molecule has 2 unspecified atom stereocenters. The number of carbonyl (C=O) groups is 2. The number of nitrogens with two attached hydrogens (primary N) is 1. The molecule has 0 spiro atoms. The molecule has 1 rings (SSSR count). The summed E-state index contributed by atoms with van der Waals surface area (Å²) in [6.45, 7) is 1.43.